The van der Waals surface area contributed by atoms with E-state index in [-0.39, 0.29) is 12.5 Å². The first-order chi connectivity index (χ1) is 12.0. The lowest BCUT2D eigenvalue weighted by Gasteiger charge is -2.12. The van der Waals surface area contributed by atoms with Crippen molar-refractivity contribution in [3.8, 4) is 0 Å². The number of amides is 3. The number of thioether (sulfide) groups is 2. The molecule has 3 amide bonds. The quantitative estimate of drug-likeness (QED) is 0.424. The number of carbonyl (C=O) groups is 3. The Morgan fingerprint density at radius 1 is 1.32 bits per heavy atom. The largest absolute Gasteiger partial charge is 0.385 e. The average Bonchev–Trinajstić information content (AvgIpc) is 2.87. The van der Waals surface area contributed by atoms with Crippen LogP contribution in [0.25, 0.3) is 6.08 Å². The van der Waals surface area contributed by atoms with Gasteiger partial charge in [0.15, 0.2) is 0 Å². The van der Waals surface area contributed by atoms with E-state index in [4.69, 9.17) is 4.74 Å². The van der Waals surface area contributed by atoms with Crippen molar-refractivity contribution < 1.29 is 19.1 Å². The van der Waals surface area contributed by atoms with Crippen molar-refractivity contribution in [3.05, 3.63) is 34.7 Å². The summed E-state index contributed by atoms with van der Waals surface area (Å²) in [5.74, 6) is -0.792. The van der Waals surface area contributed by atoms with Crippen molar-refractivity contribution in [1.82, 2.24) is 10.2 Å². The van der Waals surface area contributed by atoms with Gasteiger partial charge in [-0.1, -0.05) is 12.1 Å². The maximum atomic E-state index is 12.4. The maximum Gasteiger partial charge on any atom is 0.294 e. The molecule has 0 spiro atoms. The van der Waals surface area contributed by atoms with Gasteiger partial charge in [-0.3, -0.25) is 19.3 Å². The van der Waals surface area contributed by atoms with Crippen molar-refractivity contribution >= 4 is 46.7 Å². The first-order valence-corrected chi connectivity index (χ1v) is 9.74. The van der Waals surface area contributed by atoms with Crippen LogP contribution >= 0.6 is 23.5 Å². The van der Waals surface area contributed by atoms with Crippen LogP contribution in [-0.4, -0.2) is 55.0 Å². The minimum absolute atomic E-state index is 0.263. The molecule has 1 aliphatic rings. The summed E-state index contributed by atoms with van der Waals surface area (Å²) in [4.78, 5) is 38.7. The Balaban J connectivity index is 1.96. The first-order valence-electron chi connectivity index (χ1n) is 7.70. The lowest BCUT2D eigenvalue weighted by atomic mass is 10.2. The first kappa shape index (κ1) is 19.6. The number of imide groups is 1. The van der Waals surface area contributed by atoms with E-state index >= 15 is 0 Å². The Morgan fingerprint density at radius 2 is 2.04 bits per heavy atom. The van der Waals surface area contributed by atoms with Crippen LogP contribution in [0.2, 0.25) is 0 Å². The Morgan fingerprint density at radius 3 is 2.68 bits per heavy atom. The Labute approximate surface area is 155 Å². The average molecular weight is 380 g/mol. The number of nitrogens with one attached hydrogen (secondary N) is 1. The third-order valence-corrected chi connectivity index (χ3v) is 5.09. The molecule has 0 saturated carbocycles. The van der Waals surface area contributed by atoms with Crippen LogP contribution in [-0.2, 0) is 14.3 Å². The molecule has 1 N–H and O–H groups in total. The molecular formula is C17H20N2O4S2. The Bertz CT molecular complexity index is 674. The molecular weight excluding hydrogens is 360 g/mol. The monoisotopic (exact) mass is 380 g/mol. The number of hydrogen-bond donors (Lipinski definition) is 1. The van der Waals surface area contributed by atoms with Crippen molar-refractivity contribution in [1.29, 1.82) is 0 Å². The van der Waals surface area contributed by atoms with E-state index < -0.39 is 11.1 Å². The molecule has 1 fully saturated rings. The van der Waals surface area contributed by atoms with Crippen LogP contribution in [0.3, 0.4) is 0 Å². The van der Waals surface area contributed by atoms with Gasteiger partial charge in [-0.05, 0) is 48.2 Å². The molecule has 1 aliphatic heterocycles. The smallest absolute Gasteiger partial charge is 0.294 e. The summed E-state index contributed by atoms with van der Waals surface area (Å²) in [5.41, 5.74) is 0.840. The van der Waals surface area contributed by atoms with Crippen molar-refractivity contribution in [2.45, 2.75) is 11.3 Å². The zero-order valence-corrected chi connectivity index (χ0v) is 15.7. The highest BCUT2D eigenvalue weighted by Crippen LogP contribution is 2.32. The standard InChI is InChI=1S/C17H20N2O4S2/c1-23-9-3-8-18-15(20)11-19-16(21)14(25-17(19)22)10-12-4-6-13(24-2)7-5-12/h4-7,10H,3,8-9,11H2,1-2H3,(H,18,20)/b14-10-. The highest BCUT2D eigenvalue weighted by molar-refractivity contribution is 8.18. The molecule has 25 heavy (non-hydrogen) atoms. The van der Waals surface area contributed by atoms with Gasteiger partial charge in [-0.15, -0.1) is 11.8 Å². The van der Waals surface area contributed by atoms with E-state index in [1.165, 1.54) is 0 Å². The molecule has 0 unspecified atom stereocenters. The highest BCUT2D eigenvalue weighted by Gasteiger charge is 2.36. The van der Waals surface area contributed by atoms with Crippen LogP contribution in [0.5, 0.6) is 0 Å². The Hall–Kier alpha value is -1.77. The lowest BCUT2D eigenvalue weighted by Crippen LogP contribution is -2.39. The SMILES string of the molecule is COCCCNC(=O)CN1C(=O)S/C(=C\c2ccc(SC)cc2)C1=O. The molecule has 6 nitrogen and oxygen atoms in total. The molecule has 0 aromatic heterocycles. The van der Waals surface area contributed by atoms with E-state index in [0.717, 1.165) is 27.1 Å². The maximum absolute atomic E-state index is 12.4. The van der Waals surface area contributed by atoms with E-state index in [9.17, 15) is 14.4 Å². The number of benzene rings is 1. The third-order valence-electron chi connectivity index (χ3n) is 3.44. The van der Waals surface area contributed by atoms with E-state index in [1.54, 1.807) is 24.9 Å². The van der Waals surface area contributed by atoms with E-state index in [2.05, 4.69) is 5.32 Å². The molecule has 0 atom stereocenters. The second kappa shape index (κ2) is 9.65. The predicted octanol–water partition coefficient (Wildman–Crippen LogP) is 2.60. The second-order valence-electron chi connectivity index (χ2n) is 5.24. The van der Waals surface area contributed by atoms with Gasteiger partial charge in [0.2, 0.25) is 5.91 Å². The van der Waals surface area contributed by atoms with Crippen molar-refractivity contribution in [2.75, 3.05) is 33.1 Å². The molecule has 1 heterocycles. The van der Waals surface area contributed by atoms with Crippen molar-refractivity contribution in [2.24, 2.45) is 0 Å². The fourth-order valence-corrected chi connectivity index (χ4v) is 3.38. The molecule has 1 saturated heterocycles. The minimum atomic E-state index is -0.434. The molecule has 1 aromatic carbocycles. The topological polar surface area (TPSA) is 75.7 Å². The number of rotatable bonds is 8. The van der Waals surface area contributed by atoms with Gasteiger partial charge in [0, 0.05) is 25.2 Å². The van der Waals surface area contributed by atoms with Crippen molar-refractivity contribution in [3.63, 3.8) is 0 Å². The zero-order valence-electron chi connectivity index (χ0n) is 14.1. The molecule has 1 aromatic rings. The van der Waals surface area contributed by atoms with Gasteiger partial charge in [0.05, 0.1) is 4.91 Å². The molecule has 134 valence electrons. The summed E-state index contributed by atoms with van der Waals surface area (Å²) in [5, 5.41) is 2.24. The van der Waals surface area contributed by atoms with E-state index in [0.29, 0.717) is 24.5 Å². The second-order valence-corrected chi connectivity index (χ2v) is 7.11. The lowest BCUT2D eigenvalue weighted by molar-refractivity contribution is -0.129. The van der Waals surface area contributed by atoms with Gasteiger partial charge in [0.1, 0.15) is 6.54 Å². The van der Waals surface area contributed by atoms with Gasteiger partial charge < -0.3 is 10.1 Å². The summed E-state index contributed by atoms with van der Waals surface area (Å²) in [6, 6.07) is 7.69. The number of ether oxygens (including phenoxy) is 1. The number of hydrogen-bond acceptors (Lipinski definition) is 6. The van der Waals surface area contributed by atoms with Gasteiger partial charge in [0.25, 0.3) is 11.1 Å². The summed E-state index contributed by atoms with van der Waals surface area (Å²) in [6.07, 6.45) is 4.34. The van der Waals surface area contributed by atoms with Crippen LogP contribution in [0.15, 0.2) is 34.1 Å². The number of carbonyl (C=O) groups excluding carboxylic acids is 3. The van der Waals surface area contributed by atoms with Crippen LogP contribution < -0.4 is 5.32 Å². The summed E-state index contributed by atoms with van der Waals surface area (Å²) >= 11 is 2.48. The molecule has 0 aliphatic carbocycles. The molecule has 0 radical (unpaired) electrons. The molecule has 8 heteroatoms. The normalized spacial score (nSPS) is 15.9. The Kier molecular flexibility index (Phi) is 7.54. The zero-order chi connectivity index (χ0) is 18.2. The minimum Gasteiger partial charge on any atom is -0.385 e. The fraction of sp³-hybridized carbons (Fsp3) is 0.353. The molecule has 0 bridgehead atoms. The van der Waals surface area contributed by atoms with Crippen LogP contribution in [0.1, 0.15) is 12.0 Å². The van der Waals surface area contributed by atoms with Gasteiger partial charge >= 0.3 is 0 Å². The highest BCUT2D eigenvalue weighted by atomic mass is 32.2. The third kappa shape index (κ3) is 5.62. The van der Waals surface area contributed by atoms with Crippen LogP contribution in [0.4, 0.5) is 4.79 Å². The predicted molar refractivity (Wildman–Crippen MR) is 100 cm³/mol. The van der Waals surface area contributed by atoms with Gasteiger partial charge in [-0.25, -0.2) is 0 Å². The summed E-state index contributed by atoms with van der Waals surface area (Å²) in [7, 11) is 1.59. The van der Waals surface area contributed by atoms with E-state index in [1.807, 2.05) is 30.5 Å². The number of nitrogens with zero attached hydrogens (tertiary/aromatic N) is 1. The molecule has 2 rings (SSSR count). The summed E-state index contributed by atoms with van der Waals surface area (Å²) in [6.45, 7) is 0.723. The van der Waals surface area contributed by atoms with Crippen LogP contribution in [0, 0.1) is 0 Å². The van der Waals surface area contributed by atoms with Gasteiger partial charge in [-0.2, -0.15) is 0 Å². The fourth-order valence-electron chi connectivity index (χ4n) is 2.13. The number of methoxy groups -OCH3 is 1. The summed E-state index contributed by atoms with van der Waals surface area (Å²) < 4.78 is 4.89.